The third-order valence-electron chi connectivity index (χ3n) is 3.61. The Hall–Kier alpha value is -0.580. The molecule has 0 bridgehead atoms. The summed E-state index contributed by atoms with van der Waals surface area (Å²) >= 11 is 8.52. The molecule has 2 aromatic rings. The minimum Gasteiger partial charge on any atom is -0.313 e. The van der Waals surface area contributed by atoms with Gasteiger partial charge in [-0.25, -0.2) is 0 Å². The fraction of sp³-hybridized carbons (Fsp3) is 0.294. The van der Waals surface area contributed by atoms with Crippen LogP contribution in [0.2, 0.25) is 5.02 Å². The predicted molar refractivity (Wildman–Crippen MR) is 95.6 cm³/mol. The largest absolute Gasteiger partial charge is 0.313 e. The van der Waals surface area contributed by atoms with E-state index in [1.807, 2.05) is 13.1 Å². The zero-order valence-corrected chi connectivity index (χ0v) is 14.9. The van der Waals surface area contributed by atoms with E-state index < -0.39 is 0 Å². The van der Waals surface area contributed by atoms with Crippen molar-refractivity contribution < 1.29 is 0 Å². The van der Waals surface area contributed by atoms with Crippen molar-refractivity contribution >= 4 is 34.2 Å². The van der Waals surface area contributed by atoms with E-state index in [-0.39, 0.29) is 6.04 Å². The van der Waals surface area contributed by atoms with E-state index >= 15 is 0 Å². The van der Waals surface area contributed by atoms with Crippen LogP contribution in [0.25, 0.3) is 0 Å². The van der Waals surface area contributed by atoms with Gasteiger partial charge in [0, 0.05) is 14.6 Å². The molecule has 0 saturated carbocycles. The van der Waals surface area contributed by atoms with Gasteiger partial charge in [0.05, 0.1) is 0 Å². The molecule has 0 aliphatic rings. The first-order valence-electron chi connectivity index (χ1n) is 6.69. The maximum absolute atomic E-state index is 6.15. The smallest absolute Gasteiger partial charge is 0.0410 e. The summed E-state index contributed by atoms with van der Waals surface area (Å²) in [5.41, 5.74) is 5.30. The minimum absolute atomic E-state index is 0.279. The van der Waals surface area contributed by atoms with Crippen molar-refractivity contribution in [2.75, 3.05) is 7.05 Å². The van der Waals surface area contributed by atoms with Crippen LogP contribution >= 0.6 is 34.2 Å². The molecule has 0 spiro atoms. The highest BCUT2D eigenvalue weighted by molar-refractivity contribution is 14.1. The number of rotatable bonds is 4. The Morgan fingerprint density at radius 3 is 2.60 bits per heavy atom. The lowest BCUT2D eigenvalue weighted by Gasteiger charge is -2.20. The molecular formula is C17H19ClIN. The van der Waals surface area contributed by atoms with Crippen molar-refractivity contribution in [2.24, 2.45) is 0 Å². The zero-order valence-electron chi connectivity index (χ0n) is 12.0. The van der Waals surface area contributed by atoms with Crippen molar-refractivity contribution in [1.29, 1.82) is 0 Å². The summed E-state index contributed by atoms with van der Waals surface area (Å²) in [6, 6.07) is 13.0. The quantitative estimate of drug-likeness (QED) is 0.708. The van der Waals surface area contributed by atoms with Crippen molar-refractivity contribution in [3.05, 3.63) is 67.2 Å². The van der Waals surface area contributed by atoms with E-state index in [9.17, 15) is 0 Å². The summed E-state index contributed by atoms with van der Waals surface area (Å²) in [5.74, 6) is 0. The third-order valence-corrected chi connectivity index (χ3v) is 4.83. The molecule has 0 aliphatic carbocycles. The van der Waals surface area contributed by atoms with Gasteiger partial charge in [-0.3, -0.25) is 0 Å². The third kappa shape index (κ3) is 3.74. The number of halogens is 2. The van der Waals surface area contributed by atoms with Crippen molar-refractivity contribution in [2.45, 2.75) is 26.3 Å². The van der Waals surface area contributed by atoms with Crippen molar-refractivity contribution in [3.63, 3.8) is 0 Å². The standard InChI is InChI=1S/C17H19ClIN/c1-11-4-5-12(2)13(8-11)9-17(20-3)15-10-14(18)6-7-16(15)19/h4-8,10,17,20H,9H2,1-3H3. The van der Waals surface area contributed by atoms with E-state index in [4.69, 9.17) is 11.6 Å². The van der Waals surface area contributed by atoms with Crippen molar-refractivity contribution in [3.8, 4) is 0 Å². The first kappa shape index (κ1) is 15.8. The van der Waals surface area contributed by atoms with E-state index in [1.165, 1.54) is 25.8 Å². The summed E-state index contributed by atoms with van der Waals surface area (Å²) in [6.07, 6.45) is 0.973. The Balaban J connectivity index is 2.33. The van der Waals surface area contributed by atoms with Gasteiger partial charge < -0.3 is 5.32 Å². The minimum atomic E-state index is 0.279. The van der Waals surface area contributed by atoms with Crippen LogP contribution in [0, 0.1) is 17.4 Å². The molecule has 0 fully saturated rings. The van der Waals surface area contributed by atoms with Crippen LogP contribution in [0.15, 0.2) is 36.4 Å². The van der Waals surface area contributed by atoms with Gasteiger partial charge in [-0.1, -0.05) is 35.4 Å². The average molecular weight is 400 g/mol. The number of hydrogen-bond acceptors (Lipinski definition) is 1. The second kappa shape index (κ2) is 6.92. The number of nitrogens with one attached hydrogen (secondary N) is 1. The topological polar surface area (TPSA) is 12.0 Å². The molecule has 3 heteroatoms. The molecular weight excluding hydrogens is 381 g/mol. The van der Waals surface area contributed by atoms with Gasteiger partial charge in [-0.05, 0) is 84.8 Å². The van der Waals surface area contributed by atoms with E-state index in [0.717, 1.165) is 11.4 Å². The zero-order chi connectivity index (χ0) is 14.7. The fourth-order valence-corrected chi connectivity index (χ4v) is 3.28. The molecule has 0 heterocycles. The fourth-order valence-electron chi connectivity index (χ4n) is 2.39. The Morgan fingerprint density at radius 1 is 1.15 bits per heavy atom. The van der Waals surface area contributed by atoms with Gasteiger partial charge in [0.15, 0.2) is 0 Å². The molecule has 0 radical (unpaired) electrons. The molecule has 20 heavy (non-hydrogen) atoms. The molecule has 0 saturated heterocycles. The number of aryl methyl sites for hydroxylation is 2. The van der Waals surface area contributed by atoms with Crippen LogP contribution in [0.5, 0.6) is 0 Å². The highest BCUT2D eigenvalue weighted by atomic mass is 127. The Bertz CT molecular complexity index is 610. The molecule has 1 nitrogen and oxygen atoms in total. The molecule has 2 rings (SSSR count). The van der Waals surface area contributed by atoms with Gasteiger partial charge in [-0.2, -0.15) is 0 Å². The predicted octanol–water partition coefficient (Wildman–Crippen LogP) is 5.06. The first-order valence-corrected chi connectivity index (χ1v) is 8.15. The highest BCUT2D eigenvalue weighted by Crippen LogP contribution is 2.27. The summed E-state index contributed by atoms with van der Waals surface area (Å²) in [4.78, 5) is 0. The monoisotopic (exact) mass is 399 g/mol. The van der Waals surface area contributed by atoms with Gasteiger partial charge in [0.1, 0.15) is 0 Å². The van der Waals surface area contributed by atoms with Crippen LogP contribution in [-0.2, 0) is 6.42 Å². The maximum atomic E-state index is 6.15. The molecule has 1 unspecified atom stereocenters. The first-order chi connectivity index (χ1) is 9.51. The summed E-state index contributed by atoms with van der Waals surface area (Å²) in [5, 5.41) is 4.21. The highest BCUT2D eigenvalue weighted by Gasteiger charge is 2.15. The van der Waals surface area contributed by atoms with Crippen LogP contribution in [0.3, 0.4) is 0 Å². The summed E-state index contributed by atoms with van der Waals surface area (Å²) < 4.78 is 1.25. The van der Waals surface area contributed by atoms with Gasteiger partial charge in [-0.15, -0.1) is 0 Å². The van der Waals surface area contributed by atoms with E-state index in [1.54, 1.807) is 0 Å². The Labute approximate surface area is 139 Å². The van der Waals surface area contributed by atoms with Gasteiger partial charge in [0.2, 0.25) is 0 Å². The van der Waals surface area contributed by atoms with Crippen LogP contribution in [-0.4, -0.2) is 7.05 Å². The molecule has 106 valence electrons. The number of likely N-dealkylation sites (N-methyl/N-ethyl adjacent to an activating group) is 1. The SMILES string of the molecule is CNC(Cc1cc(C)ccc1C)c1cc(Cl)ccc1I. The Kier molecular flexibility index (Phi) is 5.47. The molecule has 1 N–H and O–H groups in total. The molecule has 2 aromatic carbocycles. The van der Waals surface area contributed by atoms with E-state index in [2.05, 4.69) is 72.1 Å². The van der Waals surface area contributed by atoms with Crippen LogP contribution in [0.1, 0.15) is 28.3 Å². The molecule has 0 aromatic heterocycles. The second-order valence-electron chi connectivity index (χ2n) is 5.14. The number of hydrogen-bond donors (Lipinski definition) is 1. The lowest BCUT2D eigenvalue weighted by atomic mass is 9.95. The lowest BCUT2D eigenvalue weighted by Crippen LogP contribution is -2.20. The van der Waals surface area contributed by atoms with Gasteiger partial charge >= 0.3 is 0 Å². The number of benzene rings is 2. The lowest BCUT2D eigenvalue weighted by molar-refractivity contribution is 0.588. The normalized spacial score (nSPS) is 12.4. The van der Waals surface area contributed by atoms with Gasteiger partial charge in [0.25, 0.3) is 0 Å². The van der Waals surface area contributed by atoms with Crippen molar-refractivity contribution in [1.82, 2.24) is 5.32 Å². The second-order valence-corrected chi connectivity index (χ2v) is 6.74. The summed E-state index contributed by atoms with van der Waals surface area (Å²) in [6.45, 7) is 4.31. The summed E-state index contributed by atoms with van der Waals surface area (Å²) in [7, 11) is 2.01. The van der Waals surface area contributed by atoms with Crippen LogP contribution < -0.4 is 5.32 Å². The van der Waals surface area contributed by atoms with E-state index in [0.29, 0.717) is 0 Å². The molecule has 0 aliphatic heterocycles. The maximum Gasteiger partial charge on any atom is 0.0410 e. The molecule has 1 atom stereocenters. The van der Waals surface area contributed by atoms with Crippen LogP contribution in [0.4, 0.5) is 0 Å². The Morgan fingerprint density at radius 2 is 1.90 bits per heavy atom. The molecule has 0 amide bonds. The average Bonchev–Trinajstić information content (AvgIpc) is 2.42.